The molecule has 0 fully saturated rings. The Kier molecular flexibility index (Phi) is 5.87. The van der Waals surface area contributed by atoms with E-state index >= 15 is 0 Å². The van der Waals surface area contributed by atoms with Crippen molar-refractivity contribution in [2.75, 3.05) is 6.61 Å². The Bertz CT molecular complexity index is 1010. The van der Waals surface area contributed by atoms with Gasteiger partial charge in [0, 0.05) is 12.1 Å². The number of benzene rings is 1. The van der Waals surface area contributed by atoms with Crippen LogP contribution < -0.4 is 10.4 Å². The first kappa shape index (κ1) is 18.6. The average molecular weight is 365 g/mol. The number of hydrogen-bond acceptors (Lipinski definition) is 5. The fourth-order valence-corrected chi connectivity index (χ4v) is 3.01. The van der Waals surface area contributed by atoms with Crippen LogP contribution in [-0.4, -0.2) is 26.1 Å². The van der Waals surface area contributed by atoms with E-state index in [-0.39, 0.29) is 11.4 Å². The molecular weight excluding hydrogens is 342 g/mol. The smallest absolute Gasteiger partial charge is 0.327 e. The van der Waals surface area contributed by atoms with Crippen molar-refractivity contribution in [3.8, 4) is 23.2 Å². The van der Waals surface area contributed by atoms with Crippen molar-refractivity contribution in [3.05, 3.63) is 40.4 Å². The van der Waals surface area contributed by atoms with Crippen LogP contribution >= 0.6 is 0 Å². The van der Waals surface area contributed by atoms with Gasteiger partial charge in [-0.3, -0.25) is 4.57 Å². The Hall–Kier alpha value is -3.14. The summed E-state index contributed by atoms with van der Waals surface area (Å²) in [5.41, 5.74) is 1.56. The van der Waals surface area contributed by atoms with Gasteiger partial charge in [0.05, 0.1) is 6.61 Å². The van der Waals surface area contributed by atoms with Crippen molar-refractivity contribution in [2.45, 2.75) is 46.1 Å². The maximum atomic E-state index is 12.3. The van der Waals surface area contributed by atoms with Crippen molar-refractivity contribution in [3.63, 3.8) is 0 Å². The largest absolute Gasteiger partial charge is 0.494 e. The Balaban J connectivity index is 2.01. The maximum absolute atomic E-state index is 12.3. The lowest BCUT2D eigenvalue weighted by molar-refractivity contribution is 0.340. The minimum Gasteiger partial charge on any atom is -0.494 e. The van der Waals surface area contributed by atoms with Gasteiger partial charge in [-0.15, -0.1) is 0 Å². The number of fused-ring (bicyclic) bond motifs is 1. The summed E-state index contributed by atoms with van der Waals surface area (Å²) in [7, 11) is 0. The van der Waals surface area contributed by atoms with Gasteiger partial charge in [-0.05, 0) is 37.6 Å². The van der Waals surface area contributed by atoms with E-state index in [1.54, 1.807) is 4.57 Å². The number of nitriles is 1. The van der Waals surface area contributed by atoms with Gasteiger partial charge < -0.3 is 9.72 Å². The topological polar surface area (TPSA) is 96.6 Å². The number of ether oxygens (including phenoxy) is 1. The summed E-state index contributed by atoms with van der Waals surface area (Å²) in [6.45, 7) is 5.24. The summed E-state index contributed by atoms with van der Waals surface area (Å²) in [6, 6.07) is 9.45. The number of imidazole rings is 1. The van der Waals surface area contributed by atoms with E-state index in [0.717, 1.165) is 37.0 Å². The summed E-state index contributed by atoms with van der Waals surface area (Å²) in [5.74, 6) is 1.18. The number of nitrogens with zero attached hydrogens (tertiary/aromatic N) is 4. The minimum absolute atomic E-state index is 0.174. The highest BCUT2D eigenvalue weighted by molar-refractivity contribution is 5.78. The molecule has 0 saturated carbocycles. The van der Waals surface area contributed by atoms with Crippen molar-refractivity contribution < 1.29 is 4.74 Å². The molecule has 0 spiro atoms. The molecule has 140 valence electrons. The number of rotatable bonds is 8. The van der Waals surface area contributed by atoms with Crippen molar-refractivity contribution >= 4 is 11.2 Å². The molecule has 2 aromatic heterocycles. The molecule has 2 heterocycles. The standard InChI is InChI=1S/C20H23N5O2/c1-3-5-6-7-12-25-19-17(23-20(25)26)16(13-21)22-18(24-19)14-8-10-15(11-9-14)27-4-2/h8-11H,3-7,12H2,1-2H3,(H,23,26). The van der Waals surface area contributed by atoms with Crippen LogP contribution in [0.5, 0.6) is 5.75 Å². The normalized spacial score (nSPS) is 10.9. The molecule has 1 N–H and O–H groups in total. The number of nitrogens with one attached hydrogen (secondary N) is 1. The Morgan fingerprint density at radius 2 is 1.93 bits per heavy atom. The second-order valence-corrected chi connectivity index (χ2v) is 6.31. The number of aromatic amines is 1. The molecule has 0 atom stereocenters. The molecule has 1 aromatic carbocycles. The second kappa shape index (κ2) is 8.49. The minimum atomic E-state index is -0.254. The summed E-state index contributed by atoms with van der Waals surface area (Å²) >= 11 is 0. The van der Waals surface area contributed by atoms with E-state index in [9.17, 15) is 10.1 Å². The van der Waals surface area contributed by atoms with E-state index in [1.807, 2.05) is 31.2 Å². The van der Waals surface area contributed by atoms with Crippen LogP contribution in [0.3, 0.4) is 0 Å². The first-order valence-corrected chi connectivity index (χ1v) is 9.31. The third kappa shape index (κ3) is 4.00. The monoisotopic (exact) mass is 365 g/mol. The van der Waals surface area contributed by atoms with Crippen molar-refractivity contribution in [1.29, 1.82) is 5.26 Å². The number of aromatic nitrogens is 4. The van der Waals surface area contributed by atoms with Crippen LogP contribution in [0, 0.1) is 11.3 Å². The van der Waals surface area contributed by atoms with E-state index in [1.165, 1.54) is 0 Å². The predicted molar refractivity (Wildman–Crippen MR) is 104 cm³/mol. The molecule has 0 saturated heterocycles. The highest BCUT2D eigenvalue weighted by Crippen LogP contribution is 2.22. The van der Waals surface area contributed by atoms with E-state index < -0.39 is 0 Å². The summed E-state index contributed by atoms with van der Waals surface area (Å²) in [4.78, 5) is 24.0. The third-order valence-corrected chi connectivity index (χ3v) is 4.39. The van der Waals surface area contributed by atoms with Gasteiger partial charge in [0.2, 0.25) is 0 Å². The van der Waals surface area contributed by atoms with Crippen LogP contribution in [0.25, 0.3) is 22.6 Å². The molecule has 7 heteroatoms. The van der Waals surface area contributed by atoms with Gasteiger partial charge in [0.1, 0.15) is 17.3 Å². The summed E-state index contributed by atoms with van der Waals surface area (Å²) in [5, 5.41) is 9.48. The van der Waals surface area contributed by atoms with Gasteiger partial charge in [-0.2, -0.15) is 5.26 Å². The zero-order valence-electron chi connectivity index (χ0n) is 15.7. The molecule has 0 bridgehead atoms. The molecule has 0 aliphatic rings. The van der Waals surface area contributed by atoms with Crippen LogP contribution in [0.1, 0.15) is 45.2 Å². The Morgan fingerprint density at radius 3 is 2.59 bits per heavy atom. The lowest BCUT2D eigenvalue weighted by Gasteiger charge is -2.06. The Labute approximate surface area is 157 Å². The molecular formula is C20H23N5O2. The van der Waals surface area contributed by atoms with Crippen LogP contribution in [0.2, 0.25) is 0 Å². The zero-order chi connectivity index (χ0) is 19.2. The quantitative estimate of drug-likeness (QED) is 0.615. The zero-order valence-corrected chi connectivity index (χ0v) is 15.7. The molecule has 0 unspecified atom stereocenters. The van der Waals surface area contributed by atoms with Crippen LogP contribution in [0.15, 0.2) is 29.1 Å². The number of hydrogen-bond donors (Lipinski definition) is 1. The highest BCUT2D eigenvalue weighted by Gasteiger charge is 2.16. The predicted octanol–water partition coefficient (Wildman–Crippen LogP) is 3.64. The average Bonchev–Trinajstić information content (AvgIpc) is 3.00. The van der Waals surface area contributed by atoms with Crippen molar-refractivity contribution in [1.82, 2.24) is 19.5 Å². The van der Waals surface area contributed by atoms with Gasteiger partial charge in [-0.25, -0.2) is 14.8 Å². The van der Waals surface area contributed by atoms with Gasteiger partial charge in [-0.1, -0.05) is 26.2 Å². The molecule has 0 radical (unpaired) electrons. The van der Waals surface area contributed by atoms with Gasteiger partial charge >= 0.3 is 5.69 Å². The summed E-state index contributed by atoms with van der Waals surface area (Å²) in [6.07, 6.45) is 4.21. The fourth-order valence-electron chi connectivity index (χ4n) is 3.01. The van der Waals surface area contributed by atoms with E-state index in [4.69, 9.17) is 4.74 Å². The van der Waals surface area contributed by atoms with Crippen LogP contribution in [0.4, 0.5) is 0 Å². The van der Waals surface area contributed by atoms with Crippen molar-refractivity contribution in [2.24, 2.45) is 0 Å². The molecule has 7 nitrogen and oxygen atoms in total. The fraction of sp³-hybridized carbons (Fsp3) is 0.400. The molecule has 0 amide bonds. The van der Waals surface area contributed by atoms with E-state index in [2.05, 4.69) is 27.9 Å². The molecule has 3 rings (SSSR count). The highest BCUT2D eigenvalue weighted by atomic mass is 16.5. The molecule has 27 heavy (non-hydrogen) atoms. The molecule has 0 aliphatic carbocycles. The van der Waals surface area contributed by atoms with Gasteiger partial charge in [0.25, 0.3) is 0 Å². The lowest BCUT2D eigenvalue weighted by atomic mass is 10.2. The molecule has 3 aromatic rings. The lowest BCUT2D eigenvalue weighted by Crippen LogP contribution is -2.17. The SMILES string of the molecule is CCCCCCn1c(=O)[nH]c2c(C#N)nc(-c3ccc(OCC)cc3)nc21. The first-order chi connectivity index (χ1) is 13.2. The van der Waals surface area contributed by atoms with Gasteiger partial charge in [0.15, 0.2) is 17.2 Å². The molecule has 0 aliphatic heterocycles. The second-order valence-electron chi connectivity index (χ2n) is 6.31. The number of aryl methyl sites for hydroxylation is 1. The number of unbranched alkanes of at least 4 members (excludes halogenated alkanes) is 3. The van der Waals surface area contributed by atoms with Crippen LogP contribution in [-0.2, 0) is 6.54 Å². The summed E-state index contributed by atoms with van der Waals surface area (Å²) < 4.78 is 7.06. The third-order valence-electron chi connectivity index (χ3n) is 4.39. The maximum Gasteiger partial charge on any atom is 0.327 e. The number of H-pyrrole nitrogens is 1. The Morgan fingerprint density at radius 1 is 1.15 bits per heavy atom. The van der Waals surface area contributed by atoms with E-state index in [0.29, 0.717) is 30.1 Å². The first-order valence-electron chi connectivity index (χ1n) is 9.31.